The zero-order chi connectivity index (χ0) is 18.9. The lowest BCUT2D eigenvalue weighted by Crippen LogP contribution is -2.43. The van der Waals surface area contributed by atoms with E-state index in [0.29, 0.717) is 13.0 Å². The normalized spacial score (nSPS) is 12.3. The van der Waals surface area contributed by atoms with Crippen LogP contribution in [0.5, 0.6) is 5.75 Å². The van der Waals surface area contributed by atoms with Crippen LogP contribution >= 0.6 is 24.0 Å². The molecule has 0 unspecified atom stereocenters. The van der Waals surface area contributed by atoms with Crippen LogP contribution in [0.4, 0.5) is 0 Å². The minimum atomic E-state index is -2.93. The summed E-state index contributed by atoms with van der Waals surface area (Å²) in [7, 11) is 0.451. The minimum absolute atomic E-state index is 0. The van der Waals surface area contributed by atoms with Crippen molar-refractivity contribution in [1.29, 1.82) is 0 Å². The summed E-state index contributed by atoms with van der Waals surface area (Å²) < 4.78 is 27.8. The molecule has 0 amide bonds. The van der Waals surface area contributed by atoms with E-state index in [1.165, 1.54) is 11.8 Å². The van der Waals surface area contributed by atoms with Crippen molar-refractivity contribution >= 4 is 39.8 Å². The second-order valence-electron chi connectivity index (χ2n) is 6.99. The Bertz CT molecular complexity index is 659. The van der Waals surface area contributed by atoms with Gasteiger partial charge in [0.1, 0.15) is 15.6 Å². The number of hydrogen-bond acceptors (Lipinski definition) is 4. The molecule has 0 bridgehead atoms. The first-order valence-corrected chi connectivity index (χ1v) is 10.5. The van der Waals surface area contributed by atoms with Crippen LogP contribution in [-0.4, -0.2) is 53.6 Å². The molecular weight excluding hydrogens is 465 g/mol. The summed E-state index contributed by atoms with van der Waals surface area (Å²) in [6.45, 7) is 5.52. The van der Waals surface area contributed by atoms with Crippen molar-refractivity contribution < 1.29 is 13.2 Å². The van der Waals surface area contributed by atoms with Gasteiger partial charge in [0.25, 0.3) is 0 Å². The van der Waals surface area contributed by atoms with Gasteiger partial charge in [-0.25, -0.2) is 8.42 Å². The van der Waals surface area contributed by atoms with E-state index in [4.69, 9.17) is 4.74 Å². The fourth-order valence-corrected chi connectivity index (χ4v) is 3.13. The topological polar surface area (TPSA) is 79.8 Å². The summed E-state index contributed by atoms with van der Waals surface area (Å²) in [5.41, 5.74) is 1.09. The van der Waals surface area contributed by atoms with Crippen LogP contribution in [0.3, 0.4) is 0 Å². The summed E-state index contributed by atoms with van der Waals surface area (Å²) in [4.78, 5) is 4.21. The van der Waals surface area contributed by atoms with Gasteiger partial charge in [-0.2, -0.15) is 0 Å². The van der Waals surface area contributed by atoms with Crippen LogP contribution in [0.25, 0.3) is 0 Å². The lowest BCUT2D eigenvalue weighted by molar-refractivity contribution is 0.348. The third-order valence-corrected chi connectivity index (χ3v) is 4.92. The Morgan fingerprint density at radius 2 is 1.81 bits per heavy atom. The van der Waals surface area contributed by atoms with Crippen molar-refractivity contribution in [2.45, 2.75) is 26.7 Å². The molecule has 0 aromatic heterocycles. The molecule has 26 heavy (non-hydrogen) atoms. The molecule has 1 aromatic carbocycles. The van der Waals surface area contributed by atoms with Gasteiger partial charge in [0.15, 0.2) is 5.96 Å². The van der Waals surface area contributed by atoms with E-state index in [-0.39, 0.29) is 35.1 Å². The van der Waals surface area contributed by atoms with E-state index in [9.17, 15) is 8.42 Å². The summed E-state index contributed by atoms with van der Waals surface area (Å²) in [5.74, 6) is 1.78. The van der Waals surface area contributed by atoms with Crippen molar-refractivity contribution in [1.82, 2.24) is 10.6 Å². The number of rotatable bonds is 9. The van der Waals surface area contributed by atoms with E-state index in [0.717, 1.165) is 24.7 Å². The lowest BCUT2D eigenvalue weighted by atomic mass is 9.90. The highest BCUT2D eigenvalue weighted by atomic mass is 127. The average molecular weight is 497 g/mol. The van der Waals surface area contributed by atoms with E-state index in [2.05, 4.69) is 29.5 Å². The first kappa shape index (κ1) is 25.0. The zero-order valence-corrected chi connectivity index (χ0v) is 19.5. The molecule has 0 aliphatic rings. The van der Waals surface area contributed by atoms with Gasteiger partial charge in [0.2, 0.25) is 0 Å². The smallest absolute Gasteiger partial charge is 0.191 e. The zero-order valence-electron chi connectivity index (χ0n) is 16.3. The SMILES string of the molecule is CN=C(NCCc1ccc(OC)cc1)NCC(C)(C)CCS(C)(=O)=O.I. The van der Waals surface area contributed by atoms with E-state index >= 15 is 0 Å². The van der Waals surface area contributed by atoms with Crippen molar-refractivity contribution in [3.63, 3.8) is 0 Å². The first-order valence-electron chi connectivity index (χ1n) is 8.40. The predicted molar refractivity (Wildman–Crippen MR) is 120 cm³/mol. The highest BCUT2D eigenvalue weighted by Crippen LogP contribution is 2.19. The van der Waals surface area contributed by atoms with Gasteiger partial charge in [-0.1, -0.05) is 26.0 Å². The number of aliphatic imine (C=N–C) groups is 1. The van der Waals surface area contributed by atoms with Gasteiger partial charge >= 0.3 is 0 Å². The number of benzene rings is 1. The van der Waals surface area contributed by atoms with Crippen molar-refractivity contribution in [3.8, 4) is 5.75 Å². The molecule has 0 saturated heterocycles. The second-order valence-corrected chi connectivity index (χ2v) is 9.25. The van der Waals surface area contributed by atoms with Gasteiger partial charge in [0, 0.05) is 26.4 Å². The first-order chi connectivity index (χ1) is 11.6. The van der Waals surface area contributed by atoms with E-state index < -0.39 is 9.84 Å². The van der Waals surface area contributed by atoms with Crippen LogP contribution < -0.4 is 15.4 Å². The molecule has 0 fully saturated rings. The monoisotopic (exact) mass is 497 g/mol. The summed E-state index contributed by atoms with van der Waals surface area (Å²) in [6.07, 6.45) is 2.76. The standard InChI is InChI=1S/C18H31N3O3S.HI/c1-18(2,11-13-25(5,22)23)14-21-17(19-3)20-12-10-15-6-8-16(24-4)9-7-15;/h6-9H,10-14H2,1-5H3,(H2,19,20,21);1H. The maximum Gasteiger partial charge on any atom is 0.191 e. The van der Waals surface area contributed by atoms with E-state index in [1.54, 1.807) is 14.2 Å². The van der Waals surface area contributed by atoms with Gasteiger partial charge in [-0.05, 0) is 36.0 Å². The number of nitrogens with zero attached hydrogens (tertiary/aromatic N) is 1. The molecule has 1 aromatic rings. The maximum atomic E-state index is 11.3. The van der Waals surface area contributed by atoms with Gasteiger partial charge in [-0.15, -0.1) is 24.0 Å². The van der Waals surface area contributed by atoms with Crippen LogP contribution in [0, 0.1) is 5.41 Å². The molecule has 0 radical (unpaired) electrons. The molecule has 8 heteroatoms. The largest absolute Gasteiger partial charge is 0.497 e. The number of nitrogens with one attached hydrogen (secondary N) is 2. The van der Waals surface area contributed by atoms with Crippen molar-refractivity contribution in [2.75, 3.05) is 39.3 Å². The Kier molecular flexibility index (Phi) is 11.2. The average Bonchev–Trinajstić information content (AvgIpc) is 2.56. The number of sulfone groups is 1. The summed E-state index contributed by atoms with van der Waals surface area (Å²) in [5, 5.41) is 6.56. The third-order valence-electron chi connectivity index (χ3n) is 3.97. The number of methoxy groups -OCH3 is 1. The Hall–Kier alpha value is -1.03. The fourth-order valence-electron chi connectivity index (χ4n) is 2.21. The molecular formula is C18H32IN3O3S. The highest BCUT2D eigenvalue weighted by molar-refractivity contribution is 14.0. The Morgan fingerprint density at radius 1 is 1.19 bits per heavy atom. The van der Waals surface area contributed by atoms with Gasteiger partial charge in [0.05, 0.1) is 12.9 Å². The van der Waals surface area contributed by atoms with Crippen LogP contribution in [0.1, 0.15) is 25.8 Å². The van der Waals surface area contributed by atoms with Crippen molar-refractivity contribution in [2.24, 2.45) is 10.4 Å². The fraction of sp³-hybridized carbons (Fsp3) is 0.611. The Morgan fingerprint density at radius 3 is 2.31 bits per heavy atom. The van der Waals surface area contributed by atoms with Crippen molar-refractivity contribution in [3.05, 3.63) is 29.8 Å². The second kappa shape index (κ2) is 11.6. The van der Waals surface area contributed by atoms with Gasteiger partial charge < -0.3 is 15.4 Å². The van der Waals surface area contributed by atoms with Crippen LogP contribution in [-0.2, 0) is 16.3 Å². The predicted octanol–water partition coefficient (Wildman–Crippen LogP) is 2.48. The highest BCUT2D eigenvalue weighted by Gasteiger charge is 2.20. The summed E-state index contributed by atoms with van der Waals surface area (Å²) in [6, 6.07) is 8.00. The molecule has 2 N–H and O–H groups in total. The molecule has 6 nitrogen and oxygen atoms in total. The number of halogens is 1. The number of guanidine groups is 1. The number of ether oxygens (including phenoxy) is 1. The molecule has 0 spiro atoms. The lowest BCUT2D eigenvalue weighted by Gasteiger charge is -2.25. The maximum absolute atomic E-state index is 11.3. The van der Waals surface area contributed by atoms with Gasteiger partial charge in [-0.3, -0.25) is 4.99 Å². The Labute approximate surface area is 175 Å². The molecule has 0 aliphatic heterocycles. The molecule has 150 valence electrons. The molecule has 0 heterocycles. The summed E-state index contributed by atoms with van der Waals surface area (Å²) >= 11 is 0. The molecule has 0 atom stereocenters. The van der Waals surface area contributed by atoms with E-state index in [1.807, 2.05) is 24.3 Å². The Balaban J connectivity index is 0.00000625. The van der Waals surface area contributed by atoms with Crippen LogP contribution in [0.2, 0.25) is 0 Å². The third kappa shape index (κ3) is 10.8. The van der Waals surface area contributed by atoms with Crippen LogP contribution in [0.15, 0.2) is 29.3 Å². The molecule has 1 rings (SSSR count). The molecule has 0 saturated carbocycles. The number of hydrogen-bond donors (Lipinski definition) is 2. The minimum Gasteiger partial charge on any atom is -0.497 e. The molecule has 0 aliphatic carbocycles. The quantitative estimate of drug-likeness (QED) is 0.312.